The monoisotopic (exact) mass is 363 g/mol. The summed E-state index contributed by atoms with van der Waals surface area (Å²) in [5, 5.41) is 8.75. The third-order valence-corrected chi connectivity index (χ3v) is 4.35. The molecule has 1 amide bonds. The first kappa shape index (κ1) is 18.9. The fourth-order valence-electron chi connectivity index (χ4n) is 2.32. The molecule has 25 heavy (non-hydrogen) atoms. The van der Waals surface area contributed by atoms with Crippen molar-refractivity contribution < 1.29 is 14.3 Å². The van der Waals surface area contributed by atoms with Crippen molar-refractivity contribution in [1.29, 1.82) is 0 Å². The van der Waals surface area contributed by atoms with E-state index < -0.39 is 17.9 Å². The van der Waals surface area contributed by atoms with Gasteiger partial charge in [0.05, 0.1) is 12.0 Å². The summed E-state index contributed by atoms with van der Waals surface area (Å²) < 4.78 is 5.81. The Kier molecular flexibility index (Phi) is 6.46. The quantitative estimate of drug-likeness (QED) is 0.756. The molecule has 134 valence electrons. The largest absolute Gasteiger partial charge is 0.467 e. The maximum atomic E-state index is 12.3. The number of ether oxygens (including phenoxy) is 1. The highest BCUT2D eigenvalue weighted by molar-refractivity contribution is 7.13. The van der Waals surface area contributed by atoms with Gasteiger partial charge < -0.3 is 10.1 Å². The van der Waals surface area contributed by atoms with Gasteiger partial charge in [0, 0.05) is 6.07 Å². The lowest BCUT2D eigenvalue weighted by Gasteiger charge is -2.18. The Labute approximate surface area is 149 Å². The SMILES string of the molecule is COC(=O)[C@H](CC(C)C)NC(=O)Cn1nc(-c2cccs2)ccc1=O. The molecule has 2 aromatic heterocycles. The van der Waals surface area contributed by atoms with E-state index in [1.807, 2.05) is 31.4 Å². The summed E-state index contributed by atoms with van der Waals surface area (Å²) >= 11 is 1.49. The van der Waals surface area contributed by atoms with E-state index in [1.54, 1.807) is 6.07 Å². The molecule has 2 heterocycles. The van der Waals surface area contributed by atoms with Crippen molar-refractivity contribution in [1.82, 2.24) is 15.1 Å². The number of carbonyl (C=O) groups is 2. The van der Waals surface area contributed by atoms with Crippen LogP contribution in [0.15, 0.2) is 34.4 Å². The van der Waals surface area contributed by atoms with Gasteiger partial charge in [-0.1, -0.05) is 19.9 Å². The summed E-state index contributed by atoms with van der Waals surface area (Å²) in [6.45, 7) is 3.63. The molecule has 0 aliphatic carbocycles. The third-order valence-electron chi connectivity index (χ3n) is 3.46. The van der Waals surface area contributed by atoms with Crippen molar-refractivity contribution in [2.45, 2.75) is 32.9 Å². The van der Waals surface area contributed by atoms with Gasteiger partial charge in [-0.25, -0.2) is 9.48 Å². The van der Waals surface area contributed by atoms with E-state index in [-0.39, 0.29) is 18.0 Å². The van der Waals surface area contributed by atoms with Crippen molar-refractivity contribution >= 4 is 23.2 Å². The lowest BCUT2D eigenvalue weighted by Crippen LogP contribution is -2.44. The zero-order valence-electron chi connectivity index (χ0n) is 14.4. The normalized spacial score (nSPS) is 12.0. The molecule has 0 bridgehead atoms. The van der Waals surface area contributed by atoms with Gasteiger partial charge in [-0.15, -0.1) is 11.3 Å². The van der Waals surface area contributed by atoms with Crippen LogP contribution in [0.2, 0.25) is 0 Å². The predicted octanol–water partition coefficient (Wildman–Crippen LogP) is 1.68. The minimum absolute atomic E-state index is 0.201. The minimum atomic E-state index is -0.742. The van der Waals surface area contributed by atoms with E-state index in [0.717, 1.165) is 9.56 Å². The van der Waals surface area contributed by atoms with Crippen molar-refractivity contribution in [3.63, 3.8) is 0 Å². The van der Waals surface area contributed by atoms with E-state index in [2.05, 4.69) is 10.4 Å². The van der Waals surface area contributed by atoms with Crippen molar-refractivity contribution in [3.8, 4) is 10.6 Å². The smallest absolute Gasteiger partial charge is 0.328 e. The molecule has 0 unspecified atom stereocenters. The van der Waals surface area contributed by atoms with Crippen LogP contribution in [0.5, 0.6) is 0 Å². The molecule has 0 saturated heterocycles. The molecule has 0 aromatic carbocycles. The standard InChI is InChI=1S/C17H21N3O4S/c1-11(2)9-13(17(23)24-3)18-15(21)10-20-16(22)7-6-12(19-20)14-5-4-8-25-14/h4-8,11,13H,9-10H2,1-3H3,(H,18,21)/t13-/m0/s1. The van der Waals surface area contributed by atoms with Gasteiger partial charge >= 0.3 is 5.97 Å². The Bertz CT molecular complexity index is 783. The Morgan fingerprint density at radius 3 is 2.68 bits per heavy atom. The Morgan fingerprint density at radius 1 is 1.32 bits per heavy atom. The lowest BCUT2D eigenvalue weighted by atomic mass is 10.0. The zero-order valence-corrected chi connectivity index (χ0v) is 15.2. The van der Waals surface area contributed by atoms with Gasteiger partial charge in [0.1, 0.15) is 18.3 Å². The average molecular weight is 363 g/mol. The number of methoxy groups -OCH3 is 1. The molecule has 2 rings (SSSR count). The number of thiophene rings is 1. The molecule has 1 atom stereocenters. The van der Waals surface area contributed by atoms with Crippen LogP contribution < -0.4 is 10.9 Å². The Morgan fingerprint density at radius 2 is 2.08 bits per heavy atom. The Balaban J connectivity index is 2.12. The van der Waals surface area contributed by atoms with Gasteiger partial charge in [0.25, 0.3) is 5.56 Å². The van der Waals surface area contributed by atoms with Crippen molar-refractivity contribution in [2.24, 2.45) is 5.92 Å². The second kappa shape index (κ2) is 8.57. The van der Waals surface area contributed by atoms with E-state index in [1.165, 1.54) is 24.5 Å². The van der Waals surface area contributed by atoms with Gasteiger partial charge in [0.15, 0.2) is 0 Å². The van der Waals surface area contributed by atoms with Crippen LogP contribution in [0.1, 0.15) is 20.3 Å². The van der Waals surface area contributed by atoms with Crippen LogP contribution in [-0.4, -0.2) is 34.8 Å². The van der Waals surface area contributed by atoms with Crippen LogP contribution in [-0.2, 0) is 20.9 Å². The number of aromatic nitrogens is 2. The number of hydrogen-bond acceptors (Lipinski definition) is 6. The average Bonchev–Trinajstić information content (AvgIpc) is 3.09. The van der Waals surface area contributed by atoms with Gasteiger partial charge in [-0.2, -0.15) is 5.10 Å². The van der Waals surface area contributed by atoms with E-state index in [9.17, 15) is 14.4 Å². The predicted molar refractivity (Wildman–Crippen MR) is 95.2 cm³/mol. The van der Waals surface area contributed by atoms with Crippen molar-refractivity contribution in [2.75, 3.05) is 7.11 Å². The van der Waals surface area contributed by atoms with Crippen LogP contribution in [0, 0.1) is 5.92 Å². The zero-order chi connectivity index (χ0) is 18.4. The summed E-state index contributed by atoms with van der Waals surface area (Å²) in [7, 11) is 1.28. The molecule has 0 radical (unpaired) electrons. The third kappa shape index (κ3) is 5.25. The first-order valence-electron chi connectivity index (χ1n) is 7.90. The van der Waals surface area contributed by atoms with Gasteiger partial charge in [-0.3, -0.25) is 9.59 Å². The highest BCUT2D eigenvalue weighted by Crippen LogP contribution is 2.21. The number of carbonyl (C=O) groups excluding carboxylic acids is 2. The number of nitrogens with zero attached hydrogens (tertiary/aromatic N) is 2. The van der Waals surface area contributed by atoms with E-state index in [4.69, 9.17) is 4.74 Å². The Hall–Kier alpha value is -2.48. The molecular formula is C17H21N3O4S. The second-order valence-corrected chi connectivity index (χ2v) is 6.91. The van der Waals surface area contributed by atoms with Gasteiger partial charge in [0.2, 0.25) is 5.91 Å². The van der Waals surface area contributed by atoms with Crippen LogP contribution in [0.25, 0.3) is 10.6 Å². The molecule has 8 heteroatoms. The molecule has 0 aliphatic heterocycles. The van der Waals surface area contributed by atoms with Crippen LogP contribution in [0.3, 0.4) is 0 Å². The topological polar surface area (TPSA) is 90.3 Å². The summed E-state index contributed by atoms with van der Waals surface area (Å²) in [6, 6.07) is 6.03. The molecule has 0 aliphatic rings. The summed E-state index contributed by atoms with van der Waals surface area (Å²) in [6.07, 6.45) is 0.454. The van der Waals surface area contributed by atoms with E-state index in [0.29, 0.717) is 12.1 Å². The number of nitrogens with one attached hydrogen (secondary N) is 1. The maximum absolute atomic E-state index is 12.3. The highest BCUT2D eigenvalue weighted by Gasteiger charge is 2.23. The van der Waals surface area contributed by atoms with Crippen LogP contribution in [0.4, 0.5) is 0 Å². The van der Waals surface area contributed by atoms with E-state index >= 15 is 0 Å². The maximum Gasteiger partial charge on any atom is 0.328 e. The first-order chi connectivity index (χ1) is 11.9. The minimum Gasteiger partial charge on any atom is -0.467 e. The number of esters is 1. The number of amides is 1. The fraction of sp³-hybridized carbons (Fsp3) is 0.412. The van der Waals surface area contributed by atoms with Crippen molar-refractivity contribution in [3.05, 3.63) is 40.0 Å². The van der Waals surface area contributed by atoms with Gasteiger partial charge in [-0.05, 0) is 29.9 Å². The number of hydrogen-bond donors (Lipinski definition) is 1. The molecule has 2 aromatic rings. The molecule has 0 fully saturated rings. The highest BCUT2D eigenvalue weighted by atomic mass is 32.1. The first-order valence-corrected chi connectivity index (χ1v) is 8.78. The van der Waals surface area contributed by atoms with Crippen LogP contribution >= 0.6 is 11.3 Å². The lowest BCUT2D eigenvalue weighted by molar-refractivity contribution is -0.145. The molecule has 7 nitrogen and oxygen atoms in total. The molecule has 0 spiro atoms. The molecular weight excluding hydrogens is 342 g/mol. The summed E-state index contributed by atoms with van der Waals surface area (Å²) in [5.41, 5.74) is 0.239. The second-order valence-electron chi connectivity index (χ2n) is 5.96. The summed E-state index contributed by atoms with van der Waals surface area (Å²) in [5.74, 6) is -0.768. The summed E-state index contributed by atoms with van der Waals surface area (Å²) in [4.78, 5) is 36.9. The fourth-order valence-corrected chi connectivity index (χ4v) is 3.01. The molecule has 1 N–H and O–H groups in total. The molecule has 0 saturated carbocycles. The number of rotatable bonds is 7.